The minimum Gasteiger partial charge on any atom is -0.623 e. The highest BCUT2D eigenvalue weighted by atomic mass is 31.2. The molecular formula is C9H16NO4P. The van der Waals surface area contributed by atoms with Gasteiger partial charge in [-0.2, -0.15) is 0 Å². The van der Waals surface area contributed by atoms with Gasteiger partial charge in [0, 0.05) is 18.3 Å². The molecule has 2 heterocycles. The third-order valence-electron chi connectivity index (χ3n) is 2.66. The van der Waals surface area contributed by atoms with E-state index in [4.69, 9.17) is 9.05 Å². The predicted molar refractivity (Wildman–Crippen MR) is 56.0 cm³/mol. The zero-order chi connectivity index (χ0) is 11.1. The van der Waals surface area contributed by atoms with Crippen molar-refractivity contribution in [2.75, 3.05) is 13.2 Å². The Labute approximate surface area is 89.2 Å². The molecule has 0 bridgehead atoms. The van der Waals surface area contributed by atoms with Crippen LogP contribution in [0.2, 0.25) is 0 Å². The first kappa shape index (κ1) is 11.1. The first-order valence-corrected chi connectivity index (χ1v) is 6.72. The first-order valence-electron chi connectivity index (χ1n) is 5.11. The van der Waals surface area contributed by atoms with Gasteiger partial charge in [0.05, 0.1) is 13.2 Å². The van der Waals surface area contributed by atoms with Crippen molar-refractivity contribution in [2.45, 2.75) is 32.5 Å². The predicted octanol–water partition coefficient (Wildman–Crippen LogP) is 1.95. The van der Waals surface area contributed by atoms with Crippen molar-refractivity contribution < 1.29 is 18.4 Å². The Balaban J connectivity index is 2.10. The van der Waals surface area contributed by atoms with E-state index in [1.165, 1.54) is 6.21 Å². The quantitative estimate of drug-likeness (QED) is 0.394. The number of hydroxylamine groups is 1. The zero-order valence-corrected chi connectivity index (χ0v) is 9.90. The van der Waals surface area contributed by atoms with Gasteiger partial charge in [0.25, 0.3) is 5.78 Å². The second kappa shape index (κ2) is 3.58. The number of nitrogens with zero attached hydrogens (tertiary/aromatic N) is 1. The standard InChI is InChI=1S/C9H16NO4P/c1-9(2)6-13-15(12,14-7-9)8-4-3-5-10(8)11/h5,8H,3-4,6-7H2,1-2H3. The second-order valence-electron chi connectivity index (χ2n) is 4.85. The summed E-state index contributed by atoms with van der Waals surface area (Å²) in [6.45, 7) is 4.72. The Morgan fingerprint density at radius 2 is 2.07 bits per heavy atom. The van der Waals surface area contributed by atoms with E-state index in [0.717, 1.165) is 4.74 Å². The summed E-state index contributed by atoms with van der Waals surface area (Å²) in [5.74, 6) is -0.631. The Hall–Kier alpha value is -0.380. The third-order valence-corrected chi connectivity index (χ3v) is 4.86. The monoisotopic (exact) mass is 233 g/mol. The molecule has 1 unspecified atom stereocenters. The van der Waals surface area contributed by atoms with Crippen LogP contribution in [0.1, 0.15) is 26.7 Å². The molecule has 1 fully saturated rings. The van der Waals surface area contributed by atoms with Crippen LogP contribution in [0.25, 0.3) is 0 Å². The average Bonchev–Trinajstić information content (AvgIpc) is 2.58. The fourth-order valence-corrected chi connectivity index (χ4v) is 3.99. The largest absolute Gasteiger partial charge is 0.623 e. The van der Waals surface area contributed by atoms with Crippen LogP contribution in [0.3, 0.4) is 0 Å². The highest BCUT2D eigenvalue weighted by Gasteiger charge is 2.49. The lowest BCUT2D eigenvalue weighted by Crippen LogP contribution is -2.33. The molecule has 0 aromatic rings. The second-order valence-corrected chi connectivity index (χ2v) is 7.04. The average molecular weight is 233 g/mol. The molecule has 0 amide bonds. The van der Waals surface area contributed by atoms with E-state index >= 15 is 0 Å². The van der Waals surface area contributed by atoms with Gasteiger partial charge in [-0.3, -0.25) is 4.57 Å². The van der Waals surface area contributed by atoms with E-state index in [2.05, 4.69) is 0 Å². The minimum atomic E-state index is -3.21. The van der Waals surface area contributed by atoms with Crippen LogP contribution in [0, 0.1) is 10.6 Å². The maximum Gasteiger partial charge on any atom is 0.399 e. The molecule has 2 aliphatic rings. The molecule has 86 valence electrons. The summed E-state index contributed by atoms with van der Waals surface area (Å²) in [5.41, 5.74) is -0.121. The molecule has 2 rings (SSSR count). The van der Waals surface area contributed by atoms with Gasteiger partial charge in [0.2, 0.25) is 0 Å². The van der Waals surface area contributed by atoms with E-state index in [1.807, 2.05) is 13.8 Å². The summed E-state index contributed by atoms with van der Waals surface area (Å²) < 4.78 is 23.6. The van der Waals surface area contributed by atoms with Gasteiger partial charge in [0.1, 0.15) is 0 Å². The molecule has 6 heteroatoms. The van der Waals surface area contributed by atoms with Crippen LogP contribution >= 0.6 is 7.60 Å². The Morgan fingerprint density at radius 1 is 1.47 bits per heavy atom. The maximum atomic E-state index is 12.2. The van der Waals surface area contributed by atoms with E-state index in [0.29, 0.717) is 26.1 Å². The summed E-state index contributed by atoms with van der Waals surface area (Å²) >= 11 is 0. The molecule has 1 atom stereocenters. The van der Waals surface area contributed by atoms with Gasteiger partial charge in [-0.05, 0) is 0 Å². The summed E-state index contributed by atoms with van der Waals surface area (Å²) in [7, 11) is -3.21. The summed E-state index contributed by atoms with van der Waals surface area (Å²) in [5, 5.41) is 11.4. The zero-order valence-electron chi connectivity index (χ0n) is 9.01. The molecule has 1 saturated heterocycles. The molecular weight excluding hydrogens is 217 g/mol. The first-order chi connectivity index (χ1) is 6.93. The molecule has 0 saturated carbocycles. The van der Waals surface area contributed by atoms with Gasteiger partial charge >= 0.3 is 7.60 Å². The fraction of sp³-hybridized carbons (Fsp3) is 0.889. The molecule has 0 aromatic heterocycles. The van der Waals surface area contributed by atoms with Gasteiger partial charge in [-0.1, -0.05) is 13.8 Å². The van der Waals surface area contributed by atoms with Crippen molar-refractivity contribution >= 4 is 13.8 Å². The molecule has 0 N–H and O–H groups in total. The topological polar surface area (TPSA) is 61.6 Å². The molecule has 0 aliphatic carbocycles. The van der Waals surface area contributed by atoms with E-state index in [1.54, 1.807) is 0 Å². The van der Waals surface area contributed by atoms with Crippen LogP contribution in [0.4, 0.5) is 0 Å². The van der Waals surface area contributed by atoms with Crippen molar-refractivity contribution in [3.63, 3.8) is 0 Å². The Bertz CT molecular complexity index is 325. The van der Waals surface area contributed by atoms with Crippen molar-refractivity contribution in [1.82, 2.24) is 0 Å². The fourth-order valence-electron chi connectivity index (χ4n) is 1.68. The summed E-state index contributed by atoms with van der Waals surface area (Å²) in [6, 6.07) is 0. The normalized spacial score (nSPS) is 33.7. The van der Waals surface area contributed by atoms with Crippen molar-refractivity contribution in [3.8, 4) is 0 Å². The minimum absolute atomic E-state index is 0.121. The SMILES string of the molecule is CC1(C)COP(=O)(C2CCC=[N+]2[O-])OC1. The lowest BCUT2D eigenvalue weighted by atomic mass is 9.97. The van der Waals surface area contributed by atoms with E-state index in [-0.39, 0.29) is 5.41 Å². The number of rotatable bonds is 1. The highest BCUT2D eigenvalue weighted by Crippen LogP contribution is 2.59. The lowest BCUT2D eigenvalue weighted by molar-refractivity contribution is -0.466. The molecule has 5 nitrogen and oxygen atoms in total. The Morgan fingerprint density at radius 3 is 2.53 bits per heavy atom. The van der Waals surface area contributed by atoms with Crippen LogP contribution in [-0.4, -0.2) is 30.0 Å². The Kier molecular flexibility index (Phi) is 2.65. The van der Waals surface area contributed by atoms with Gasteiger partial charge < -0.3 is 14.3 Å². The van der Waals surface area contributed by atoms with Crippen molar-refractivity contribution in [1.29, 1.82) is 0 Å². The van der Waals surface area contributed by atoms with Crippen LogP contribution in [0.15, 0.2) is 0 Å². The van der Waals surface area contributed by atoms with Crippen molar-refractivity contribution in [3.05, 3.63) is 5.21 Å². The van der Waals surface area contributed by atoms with Crippen LogP contribution < -0.4 is 0 Å². The molecule has 0 aromatic carbocycles. The van der Waals surface area contributed by atoms with Gasteiger partial charge in [-0.25, -0.2) is 4.74 Å². The van der Waals surface area contributed by atoms with Crippen molar-refractivity contribution in [2.24, 2.45) is 5.41 Å². The van der Waals surface area contributed by atoms with Gasteiger partial charge in [-0.15, -0.1) is 0 Å². The lowest BCUT2D eigenvalue weighted by Gasteiger charge is -2.35. The molecule has 0 spiro atoms. The van der Waals surface area contributed by atoms with Crippen LogP contribution in [-0.2, 0) is 13.6 Å². The molecule has 15 heavy (non-hydrogen) atoms. The molecule has 0 radical (unpaired) electrons. The van der Waals surface area contributed by atoms with Crippen LogP contribution in [0.5, 0.6) is 0 Å². The maximum absolute atomic E-state index is 12.2. The summed E-state index contributed by atoms with van der Waals surface area (Å²) in [6.07, 6.45) is 2.70. The number of hydrogen-bond acceptors (Lipinski definition) is 4. The highest BCUT2D eigenvalue weighted by molar-refractivity contribution is 7.54. The number of hydrogen-bond donors (Lipinski definition) is 0. The smallest absolute Gasteiger partial charge is 0.399 e. The third kappa shape index (κ3) is 2.10. The van der Waals surface area contributed by atoms with E-state index < -0.39 is 13.4 Å². The molecule has 2 aliphatic heterocycles. The summed E-state index contributed by atoms with van der Waals surface area (Å²) in [4.78, 5) is 0. The van der Waals surface area contributed by atoms with E-state index in [9.17, 15) is 9.77 Å². The van der Waals surface area contributed by atoms with Gasteiger partial charge in [0.15, 0.2) is 6.21 Å².